The Balaban J connectivity index is 1.65. The highest BCUT2D eigenvalue weighted by atomic mass is 19.1. The minimum atomic E-state index is -0.544. The fourth-order valence-electron chi connectivity index (χ4n) is 2.67. The van der Waals surface area contributed by atoms with E-state index >= 15 is 0 Å². The molecule has 0 aliphatic rings. The molecule has 0 aliphatic heterocycles. The Hall–Kier alpha value is -3.48. The van der Waals surface area contributed by atoms with Gasteiger partial charge in [-0.1, -0.05) is 36.4 Å². The summed E-state index contributed by atoms with van der Waals surface area (Å²) in [5, 5.41) is 6.78. The molecule has 1 amide bonds. The second-order valence-electron chi connectivity index (χ2n) is 6.16. The van der Waals surface area contributed by atoms with Crippen LogP contribution in [-0.2, 0) is 6.54 Å². The first-order valence-corrected chi connectivity index (χ1v) is 8.86. The summed E-state index contributed by atoms with van der Waals surface area (Å²) in [5.74, 6) is -0.206. The fourth-order valence-corrected chi connectivity index (χ4v) is 2.67. The summed E-state index contributed by atoms with van der Waals surface area (Å²) < 4.78 is 20.6. The molecule has 0 aliphatic carbocycles. The van der Waals surface area contributed by atoms with E-state index in [-0.39, 0.29) is 24.4 Å². The molecular formula is C21H20FN3O3. The lowest BCUT2D eigenvalue weighted by atomic mass is 10.1. The van der Waals surface area contributed by atoms with Crippen LogP contribution in [-0.4, -0.2) is 22.3 Å². The number of rotatable bonds is 7. The molecule has 6 nitrogen and oxygen atoms in total. The summed E-state index contributed by atoms with van der Waals surface area (Å²) in [5.41, 5.74) is 0.110. The third-order valence-corrected chi connectivity index (χ3v) is 4.13. The Morgan fingerprint density at radius 1 is 1.11 bits per heavy atom. The maximum Gasteiger partial charge on any atom is 0.272 e. The van der Waals surface area contributed by atoms with E-state index in [1.807, 2.05) is 30.3 Å². The van der Waals surface area contributed by atoms with Gasteiger partial charge in [0.25, 0.3) is 11.5 Å². The fraction of sp³-hybridized carbons (Fsp3) is 0.190. The van der Waals surface area contributed by atoms with Gasteiger partial charge in [-0.05, 0) is 31.2 Å². The summed E-state index contributed by atoms with van der Waals surface area (Å²) >= 11 is 0. The van der Waals surface area contributed by atoms with Crippen LogP contribution in [0.2, 0.25) is 0 Å². The number of nitrogens with zero attached hydrogens (tertiary/aromatic N) is 2. The van der Waals surface area contributed by atoms with E-state index in [4.69, 9.17) is 4.74 Å². The van der Waals surface area contributed by atoms with Crippen molar-refractivity contribution in [3.63, 3.8) is 0 Å². The number of carbonyl (C=O) groups excluding carboxylic acids is 1. The number of aromatic nitrogens is 2. The van der Waals surface area contributed by atoms with Crippen LogP contribution in [0.1, 0.15) is 29.0 Å². The smallest absolute Gasteiger partial charge is 0.272 e. The van der Waals surface area contributed by atoms with Crippen LogP contribution in [0, 0.1) is 5.82 Å². The molecule has 1 atom stereocenters. The number of halogens is 1. The number of hydrogen-bond acceptors (Lipinski definition) is 4. The summed E-state index contributed by atoms with van der Waals surface area (Å²) in [4.78, 5) is 24.4. The minimum Gasteiger partial charge on any atom is -0.492 e. The molecule has 144 valence electrons. The molecule has 0 saturated carbocycles. The van der Waals surface area contributed by atoms with Gasteiger partial charge in [-0.15, -0.1) is 0 Å². The molecule has 1 aromatic heterocycles. The first-order valence-electron chi connectivity index (χ1n) is 8.86. The van der Waals surface area contributed by atoms with Crippen LogP contribution in [0.4, 0.5) is 4.39 Å². The van der Waals surface area contributed by atoms with Crippen molar-refractivity contribution in [1.82, 2.24) is 15.1 Å². The Kier molecular flexibility index (Phi) is 6.16. The number of hydrogen-bond donors (Lipinski definition) is 1. The van der Waals surface area contributed by atoms with Crippen molar-refractivity contribution in [2.75, 3.05) is 6.61 Å². The highest BCUT2D eigenvalue weighted by Crippen LogP contribution is 2.16. The quantitative estimate of drug-likeness (QED) is 0.683. The lowest BCUT2D eigenvalue weighted by molar-refractivity contribution is 0.0931. The number of para-hydroxylation sites is 1. The average molecular weight is 381 g/mol. The van der Waals surface area contributed by atoms with Crippen molar-refractivity contribution in [3.05, 3.63) is 94.2 Å². The predicted octanol–water partition coefficient (Wildman–Crippen LogP) is 2.95. The van der Waals surface area contributed by atoms with Gasteiger partial charge in [0.15, 0.2) is 0 Å². The zero-order valence-corrected chi connectivity index (χ0v) is 15.3. The van der Waals surface area contributed by atoms with Crippen LogP contribution < -0.4 is 15.6 Å². The molecule has 28 heavy (non-hydrogen) atoms. The summed E-state index contributed by atoms with van der Waals surface area (Å²) in [6.45, 7) is 2.10. The summed E-state index contributed by atoms with van der Waals surface area (Å²) in [6, 6.07) is 17.5. The minimum absolute atomic E-state index is 0.0718. The number of amides is 1. The molecule has 0 radical (unpaired) electrons. The Morgan fingerprint density at radius 2 is 1.82 bits per heavy atom. The molecule has 7 heteroatoms. The van der Waals surface area contributed by atoms with Crippen LogP contribution in [0.5, 0.6) is 5.75 Å². The van der Waals surface area contributed by atoms with Gasteiger partial charge >= 0.3 is 0 Å². The first-order chi connectivity index (χ1) is 13.5. The molecule has 0 spiro atoms. The Bertz CT molecular complexity index is 1010. The van der Waals surface area contributed by atoms with Crippen LogP contribution in [0.25, 0.3) is 0 Å². The second-order valence-corrected chi connectivity index (χ2v) is 6.16. The van der Waals surface area contributed by atoms with Gasteiger partial charge in [-0.25, -0.2) is 9.07 Å². The molecule has 1 N–H and O–H groups in total. The van der Waals surface area contributed by atoms with Crippen molar-refractivity contribution >= 4 is 5.91 Å². The lowest BCUT2D eigenvalue weighted by Crippen LogP contribution is -2.32. The highest BCUT2D eigenvalue weighted by molar-refractivity contribution is 5.92. The summed E-state index contributed by atoms with van der Waals surface area (Å²) in [6.07, 6.45) is 0. The Morgan fingerprint density at radius 3 is 2.57 bits per heavy atom. The molecule has 1 heterocycles. The standard InChI is InChI=1S/C21H20FN3O3/c1-15(17-9-5-6-10-18(17)22)23-21(27)19-11-12-20(26)25(24-19)13-14-28-16-7-3-2-4-8-16/h2-12,15H,13-14H2,1H3,(H,23,27). The largest absolute Gasteiger partial charge is 0.492 e. The molecule has 0 fully saturated rings. The molecule has 3 aromatic rings. The Labute approximate surface area is 161 Å². The third-order valence-electron chi connectivity index (χ3n) is 4.13. The SMILES string of the molecule is CC(NC(=O)c1ccc(=O)n(CCOc2ccccc2)n1)c1ccccc1F. The van der Waals surface area contributed by atoms with E-state index in [0.717, 1.165) is 0 Å². The van der Waals surface area contributed by atoms with E-state index in [0.29, 0.717) is 11.3 Å². The van der Waals surface area contributed by atoms with E-state index in [1.54, 1.807) is 25.1 Å². The predicted molar refractivity (Wildman–Crippen MR) is 103 cm³/mol. The lowest BCUT2D eigenvalue weighted by Gasteiger charge is -2.15. The maximum atomic E-state index is 13.9. The monoisotopic (exact) mass is 381 g/mol. The van der Waals surface area contributed by atoms with Crippen molar-refractivity contribution in [1.29, 1.82) is 0 Å². The summed E-state index contributed by atoms with van der Waals surface area (Å²) in [7, 11) is 0. The van der Waals surface area contributed by atoms with E-state index in [2.05, 4.69) is 10.4 Å². The zero-order chi connectivity index (χ0) is 19.9. The van der Waals surface area contributed by atoms with Gasteiger partial charge in [-0.3, -0.25) is 9.59 Å². The van der Waals surface area contributed by atoms with E-state index in [9.17, 15) is 14.0 Å². The van der Waals surface area contributed by atoms with Crippen molar-refractivity contribution in [3.8, 4) is 5.75 Å². The average Bonchev–Trinajstić information content (AvgIpc) is 2.70. The molecule has 0 bridgehead atoms. The van der Waals surface area contributed by atoms with Crippen LogP contribution >= 0.6 is 0 Å². The molecule has 3 rings (SSSR count). The molecule has 1 unspecified atom stereocenters. The van der Waals surface area contributed by atoms with Crippen LogP contribution in [0.15, 0.2) is 71.5 Å². The van der Waals surface area contributed by atoms with Gasteiger partial charge in [0.1, 0.15) is 23.9 Å². The molecule has 2 aromatic carbocycles. The molecule has 0 saturated heterocycles. The van der Waals surface area contributed by atoms with Gasteiger partial charge < -0.3 is 10.1 Å². The number of nitrogens with one attached hydrogen (secondary N) is 1. The van der Waals surface area contributed by atoms with Gasteiger partial charge in [-0.2, -0.15) is 5.10 Å². The maximum absolute atomic E-state index is 13.9. The third kappa shape index (κ3) is 4.82. The topological polar surface area (TPSA) is 73.2 Å². The highest BCUT2D eigenvalue weighted by Gasteiger charge is 2.16. The van der Waals surface area contributed by atoms with Crippen molar-refractivity contribution in [2.24, 2.45) is 0 Å². The van der Waals surface area contributed by atoms with E-state index in [1.165, 1.54) is 22.9 Å². The van der Waals surface area contributed by atoms with Crippen LogP contribution in [0.3, 0.4) is 0 Å². The second kappa shape index (κ2) is 8.94. The zero-order valence-electron chi connectivity index (χ0n) is 15.3. The van der Waals surface area contributed by atoms with Gasteiger partial charge in [0.05, 0.1) is 12.6 Å². The first kappa shape index (κ1) is 19.3. The number of ether oxygens (including phenoxy) is 1. The molecular weight excluding hydrogens is 361 g/mol. The number of carbonyl (C=O) groups is 1. The van der Waals surface area contributed by atoms with Crippen molar-refractivity contribution in [2.45, 2.75) is 19.5 Å². The normalized spacial score (nSPS) is 11.6. The number of benzene rings is 2. The van der Waals surface area contributed by atoms with E-state index < -0.39 is 17.8 Å². The van der Waals surface area contributed by atoms with Gasteiger partial charge in [0.2, 0.25) is 0 Å². The van der Waals surface area contributed by atoms with Crippen molar-refractivity contribution < 1.29 is 13.9 Å². The van der Waals surface area contributed by atoms with Gasteiger partial charge in [0, 0.05) is 11.6 Å².